The van der Waals surface area contributed by atoms with Crippen molar-refractivity contribution in [3.63, 3.8) is 0 Å². The number of halogens is 1. The number of thiophene rings is 1. The van der Waals surface area contributed by atoms with E-state index in [1.54, 1.807) is 23.5 Å². The van der Waals surface area contributed by atoms with Gasteiger partial charge in [-0.25, -0.2) is 9.07 Å². The first kappa shape index (κ1) is 15.4. The van der Waals surface area contributed by atoms with Crippen molar-refractivity contribution in [2.45, 2.75) is 25.4 Å². The molecule has 0 amide bonds. The summed E-state index contributed by atoms with van der Waals surface area (Å²) >= 11 is 1.73. The molecule has 5 nitrogen and oxygen atoms in total. The van der Waals surface area contributed by atoms with Crippen LogP contribution in [0.5, 0.6) is 0 Å². The van der Waals surface area contributed by atoms with E-state index in [1.807, 2.05) is 4.68 Å². The molecule has 1 aliphatic rings. The molecular weight excluding hydrogens is 325 g/mol. The molecule has 1 atom stereocenters. The van der Waals surface area contributed by atoms with Gasteiger partial charge in [-0.1, -0.05) is 18.2 Å². The number of benzene rings is 1. The van der Waals surface area contributed by atoms with Crippen LogP contribution in [0.2, 0.25) is 0 Å². The molecule has 3 heterocycles. The number of tetrazole rings is 1. The molecule has 1 saturated heterocycles. The Morgan fingerprint density at radius 1 is 1.12 bits per heavy atom. The highest BCUT2D eigenvalue weighted by molar-refractivity contribution is 7.10. The number of nitrogens with zero attached hydrogens (tertiary/aromatic N) is 5. The summed E-state index contributed by atoms with van der Waals surface area (Å²) in [5.41, 5.74) is 0.983. The number of rotatable bonds is 5. The molecule has 0 bridgehead atoms. The largest absolute Gasteiger partial charge is 0.289 e. The van der Waals surface area contributed by atoms with E-state index in [0.29, 0.717) is 6.54 Å². The van der Waals surface area contributed by atoms with Crippen LogP contribution in [0.15, 0.2) is 41.8 Å². The lowest BCUT2D eigenvalue weighted by Crippen LogP contribution is -2.29. The third kappa shape index (κ3) is 3.09. The van der Waals surface area contributed by atoms with E-state index in [2.05, 4.69) is 37.9 Å². The molecule has 0 N–H and O–H groups in total. The van der Waals surface area contributed by atoms with Gasteiger partial charge in [-0.15, -0.1) is 16.4 Å². The Kier molecular flexibility index (Phi) is 4.36. The van der Waals surface area contributed by atoms with E-state index < -0.39 is 0 Å². The van der Waals surface area contributed by atoms with Crippen molar-refractivity contribution < 1.29 is 4.39 Å². The molecule has 4 rings (SSSR count). The van der Waals surface area contributed by atoms with Gasteiger partial charge in [-0.3, -0.25) is 4.90 Å². The van der Waals surface area contributed by atoms with Crippen molar-refractivity contribution in [3.8, 4) is 0 Å². The quantitative estimate of drug-likeness (QED) is 0.714. The van der Waals surface area contributed by atoms with Crippen LogP contribution in [0, 0.1) is 5.82 Å². The Bertz CT molecular complexity index is 778. The Balaban J connectivity index is 1.66. The van der Waals surface area contributed by atoms with E-state index in [1.165, 1.54) is 29.9 Å². The summed E-state index contributed by atoms with van der Waals surface area (Å²) in [5.74, 6) is 0.618. The summed E-state index contributed by atoms with van der Waals surface area (Å²) in [5, 5.41) is 14.5. The SMILES string of the molecule is Fc1ccc(Cn2nnnc2C(c2cccs2)N2CCCC2)cc1. The van der Waals surface area contributed by atoms with E-state index in [-0.39, 0.29) is 11.9 Å². The fourth-order valence-electron chi connectivity index (χ4n) is 3.20. The summed E-state index contributed by atoms with van der Waals surface area (Å²) in [4.78, 5) is 3.70. The predicted octanol–water partition coefficient (Wildman–Crippen LogP) is 3.11. The van der Waals surface area contributed by atoms with Crippen LogP contribution >= 0.6 is 11.3 Å². The average molecular weight is 343 g/mol. The summed E-state index contributed by atoms with van der Waals surface area (Å²) in [6.07, 6.45) is 2.42. The molecule has 3 aromatic rings. The van der Waals surface area contributed by atoms with Crippen LogP contribution in [0.3, 0.4) is 0 Å². The first-order valence-electron chi connectivity index (χ1n) is 8.09. The van der Waals surface area contributed by atoms with Gasteiger partial charge >= 0.3 is 0 Å². The second kappa shape index (κ2) is 6.78. The van der Waals surface area contributed by atoms with Gasteiger partial charge in [0.05, 0.1) is 6.54 Å². The van der Waals surface area contributed by atoms with Crippen LogP contribution in [-0.4, -0.2) is 38.2 Å². The predicted molar refractivity (Wildman–Crippen MR) is 90.3 cm³/mol. The van der Waals surface area contributed by atoms with E-state index in [0.717, 1.165) is 24.5 Å². The molecule has 1 unspecified atom stereocenters. The normalized spacial score (nSPS) is 16.5. The molecule has 0 spiro atoms. The molecule has 1 fully saturated rings. The van der Waals surface area contributed by atoms with Gasteiger partial charge in [0.2, 0.25) is 0 Å². The van der Waals surface area contributed by atoms with Crippen LogP contribution in [0.1, 0.15) is 35.1 Å². The highest BCUT2D eigenvalue weighted by atomic mass is 32.1. The number of hydrogen-bond donors (Lipinski definition) is 0. The molecule has 2 aromatic heterocycles. The van der Waals surface area contributed by atoms with Gasteiger partial charge in [0.15, 0.2) is 5.82 Å². The van der Waals surface area contributed by atoms with E-state index in [9.17, 15) is 4.39 Å². The molecule has 7 heteroatoms. The maximum absolute atomic E-state index is 13.1. The monoisotopic (exact) mass is 343 g/mol. The van der Waals surface area contributed by atoms with Gasteiger partial charge < -0.3 is 0 Å². The summed E-state index contributed by atoms with van der Waals surface area (Å²) in [6, 6.07) is 10.8. The maximum Gasteiger partial charge on any atom is 0.174 e. The molecule has 0 radical (unpaired) electrons. The molecule has 24 heavy (non-hydrogen) atoms. The van der Waals surface area contributed by atoms with Crippen LogP contribution in [-0.2, 0) is 6.54 Å². The highest BCUT2D eigenvalue weighted by Crippen LogP contribution is 2.32. The first-order valence-corrected chi connectivity index (χ1v) is 8.97. The third-order valence-electron chi connectivity index (χ3n) is 4.37. The van der Waals surface area contributed by atoms with Crippen molar-refractivity contribution in [2.75, 3.05) is 13.1 Å². The lowest BCUT2D eigenvalue weighted by atomic mass is 10.2. The minimum atomic E-state index is -0.232. The molecule has 0 saturated carbocycles. The van der Waals surface area contributed by atoms with Gasteiger partial charge in [0.1, 0.15) is 11.9 Å². The standard InChI is InChI=1S/C17H18FN5S/c18-14-7-5-13(6-8-14)12-23-17(19-20-21-23)16(15-4-3-11-24-15)22-9-1-2-10-22/h3-8,11,16H,1-2,9-10,12H2. The van der Waals surface area contributed by atoms with Crippen molar-refractivity contribution in [1.29, 1.82) is 0 Å². The van der Waals surface area contributed by atoms with Crippen LogP contribution in [0.4, 0.5) is 4.39 Å². The van der Waals surface area contributed by atoms with Crippen molar-refractivity contribution in [2.24, 2.45) is 0 Å². The fourth-order valence-corrected chi connectivity index (χ4v) is 4.05. The lowest BCUT2D eigenvalue weighted by molar-refractivity contribution is 0.268. The lowest BCUT2D eigenvalue weighted by Gasteiger charge is -2.25. The number of hydrogen-bond acceptors (Lipinski definition) is 5. The van der Waals surface area contributed by atoms with Gasteiger partial charge in [0.25, 0.3) is 0 Å². The topological polar surface area (TPSA) is 46.8 Å². The average Bonchev–Trinajstić information content (AvgIpc) is 3.34. The third-order valence-corrected chi connectivity index (χ3v) is 5.29. The Labute approximate surface area is 143 Å². The van der Waals surface area contributed by atoms with Gasteiger partial charge in [-0.2, -0.15) is 0 Å². The second-order valence-electron chi connectivity index (χ2n) is 5.98. The maximum atomic E-state index is 13.1. The van der Waals surface area contributed by atoms with E-state index >= 15 is 0 Å². The smallest absolute Gasteiger partial charge is 0.174 e. The van der Waals surface area contributed by atoms with Gasteiger partial charge in [0, 0.05) is 4.88 Å². The Morgan fingerprint density at radius 2 is 1.92 bits per heavy atom. The molecule has 1 aromatic carbocycles. The summed E-state index contributed by atoms with van der Waals surface area (Å²) < 4.78 is 14.9. The minimum Gasteiger partial charge on any atom is -0.289 e. The van der Waals surface area contributed by atoms with Crippen molar-refractivity contribution >= 4 is 11.3 Å². The van der Waals surface area contributed by atoms with E-state index in [4.69, 9.17) is 0 Å². The highest BCUT2D eigenvalue weighted by Gasteiger charge is 2.30. The zero-order chi connectivity index (χ0) is 16.4. The molecule has 0 aliphatic carbocycles. The molecule has 1 aliphatic heterocycles. The minimum absolute atomic E-state index is 0.0861. The first-order chi connectivity index (χ1) is 11.8. The number of likely N-dealkylation sites (tertiary alicyclic amines) is 1. The van der Waals surface area contributed by atoms with Crippen molar-refractivity contribution in [1.82, 2.24) is 25.1 Å². The summed E-state index contributed by atoms with van der Waals surface area (Å²) in [6.45, 7) is 2.66. The fraction of sp³-hybridized carbons (Fsp3) is 0.353. The summed E-state index contributed by atoms with van der Waals surface area (Å²) in [7, 11) is 0. The zero-order valence-electron chi connectivity index (χ0n) is 13.2. The zero-order valence-corrected chi connectivity index (χ0v) is 14.0. The number of aromatic nitrogens is 4. The Hall–Kier alpha value is -2.12. The second-order valence-corrected chi connectivity index (χ2v) is 6.96. The Morgan fingerprint density at radius 3 is 2.62 bits per heavy atom. The van der Waals surface area contributed by atoms with Crippen LogP contribution < -0.4 is 0 Å². The molecule has 124 valence electrons. The van der Waals surface area contributed by atoms with Gasteiger partial charge in [-0.05, 0) is 65.5 Å². The van der Waals surface area contributed by atoms with Crippen molar-refractivity contribution in [3.05, 3.63) is 63.9 Å². The molecular formula is C17H18FN5S. The van der Waals surface area contributed by atoms with Crippen LogP contribution in [0.25, 0.3) is 0 Å².